The van der Waals surface area contributed by atoms with E-state index in [0.717, 1.165) is 5.56 Å². The van der Waals surface area contributed by atoms with Gasteiger partial charge in [0.1, 0.15) is 0 Å². The molecule has 0 bridgehead atoms. The molecule has 0 heterocycles. The van der Waals surface area contributed by atoms with Crippen molar-refractivity contribution >= 4 is 21.8 Å². The highest BCUT2D eigenvalue weighted by molar-refractivity contribution is 9.10. The highest BCUT2D eigenvalue weighted by Crippen LogP contribution is 2.27. The topological polar surface area (TPSA) is 49.8 Å². The second-order valence-electron chi connectivity index (χ2n) is 4.64. The number of carbonyl (C=O) groups excluding carboxylic acids is 1. The van der Waals surface area contributed by atoms with E-state index >= 15 is 0 Å². The Morgan fingerprint density at radius 3 is 2.61 bits per heavy atom. The zero-order valence-electron chi connectivity index (χ0n) is 11.0. The first-order valence-corrected chi connectivity index (χ1v) is 6.35. The van der Waals surface area contributed by atoms with E-state index in [2.05, 4.69) is 15.9 Å². The zero-order valence-corrected chi connectivity index (χ0v) is 12.6. The molecular weight excluding hydrogens is 298 g/mol. The molecule has 0 saturated heterocycles. The summed E-state index contributed by atoms with van der Waals surface area (Å²) in [6.07, 6.45) is 0. The fourth-order valence-electron chi connectivity index (χ4n) is 1.62. The molecule has 0 aliphatic heterocycles. The summed E-state index contributed by atoms with van der Waals surface area (Å²) in [5.74, 6) is 0.497. The second-order valence-corrected chi connectivity index (χ2v) is 6.62. The van der Waals surface area contributed by atoms with Crippen LogP contribution >= 0.6 is 15.9 Å². The molecule has 0 saturated carbocycles. The summed E-state index contributed by atoms with van der Waals surface area (Å²) < 4.78 is 4.45. The Balaban J connectivity index is 2.82. The van der Waals surface area contributed by atoms with Gasteiger partial charge in [-0.05, 0) is 31.5 Å². The predicted octanol–water partition coefficient (Wildman–Crippen LogP) is 2.53. The monoisotopic (exact) mass is 315 g/mol. The minimum Gasteiger partial charge on any atom is -0.504 e. The highest BCUT2D eigenvalue weighted by Gasteiger charge is 2.27. The number of nitrogens with zero attached hydrogens (tertiary/aromatic N) is 1. The fraction of sp³-hybridized carbons (Fsp3) is 0.462. The van der Waals surface area contributed by atoms with E-state index in [4.69, 9.17) is 4.74 Å². The first-order valence-electron chi connectivity index (χ1n) is 5.56. The smallest absolute Gasteiger partial charge is 0.238 e. The van der Waals surface area contributed by atoms with Gasteiger partial charge in [-0.1, -0.05) is 22.0 Å². The standard InChI is InChI=1S/C13H18BrNO3/c1-13(2,14)12(17)15(3)8-9-5-6-10(16)11(7-9)18-4/h5-7,16H,8H2,1-4H3. The van der Waals surface area contributed by atoms with Gasteiger partial charge in [-0.3, -0.25) is 4.79 Å². The number of carbonyl (C=O) groups is 1. The summed E-state index contributed by atoms with van der Waals surface area (Å²) in [4.78, 5) is 13.6. The molecule has 0 aliphatic rings. The van der Waals surface area contributed by atoms with Gasteiger partial charge in [-0.25, -0.2) is 0 Å². The lowest BCUT2D eigenvalue weighted by Gasteiger charge is -2.24. The Hall–Kier alpha value is -1.23. The molecule has 1 aromatic carbocycles. The SMILES string of the molecule is COc1cc(CN(C)C(=O)C(C)(C)Br)ccc1O. The lowest BCUT2D eigenvalue weighted by molar-refractivity contribution is -0.131. The molecule has 0 aliphatic carbocycles. The average molecular weight is 316 g/mol. The van der Waals surface area contributed by atoms with Crippen LogP contribution < -0.4 is 4.74 Å². The molecule has 1 N–H and O–H groups in total. The number of amides is 1. The number of ether oxygens (including phenoxy) is 1. The maximum absolute atomic E-state index is 12.0. The molecule has 0 atom stereocenters. The maximum Gasteiger partial charge on any atom is 0.238 e. The van der Waals surface area contributed by atoms with Crippen LogP contribution in [0.25, 0.3) is 0 Å². The van der Waals surface area contributed by atoms with Gasteiger partial charge in [0.25, 0.3) is 0 Å². The summed E-state index contributed by atoms with van der Waals surface area (Å²) in [6.45, 7) is 4.08. The number of alkyl halides is 1. The zero-order chi connectivity index (χ0) is 13.9. The Morgan fingerprint density at radius 1 is 1.50 bits per heavy atom. The van der Waals surface area contributed by atoms with Gasteiger partial charge in [0.05, 0.1) is 11.4 Å². The van der Waals surface area contributed by atoms with Crippen molar-refractivity contribution in [1.82, 2.24) is 4.90 Å². The van der Waals surface area contributed by atoms with Crippen LogP contribution in [0.1, 0.15) is 19.4 Å². The van der Waals surface area contributed by atoms with Crippen molar-refractivity contribution in [3.05, 3.63) is 23.8 Å². The van der Waals surface area contributed by atoms with Crippen LogP contribution in [-0.4, -0.2) is 34.4 Å². The molecule has 0 spiro atoms. The van der Waals surface area contributed by atoms with Crippen LogP contribution in [0.3, 0.4) is 0 Å². The fourth-order valence-corrected chi connectivity index (χ4v) is 1.92. The molecular formula is C13H18BrNO3. The van der Waals surface area contributed by atoms with E-state index in [1.165, 1.54) is 7.11 Å². The number of hydrogen-bond acceptors (Lipinski definition) is 3. The quantitative estimate of drug-likeness (QED) is 0.869. The van der Waals surface area contributed by atoms with Gasteiger partial charge in [0.2, 0.25) is 5.91 Å². The lowest BCUT2D eigenvalue weighted by atomic mass is 10.1. The molecule has 1 rings (SSSR count). The third kappa shape index (κ3) is 3.63. The number of rotatable bonds is 4. The number of phenols is 1. The number of phenolic OH excluding ortho intramolecular Hbond substituents is 1. The van der Waals surface area contributed by atoms with E-state index in [1.807, 2.05) is 13.8 Å². The predicted molar refractivity (Wildman–Crippen MR) is 74.1 cm³/mol. The summed E-state index contributed by atoms with van der Waals surface area (Å²) in [5, 5.41) is 9.49. The number of hydrogen-bond donors (Lipinski definition) is 1. The van der Waals surface area contributed by atoms with E-state index in [-0.39, 0.29) is 11.7 Å². The first-order chi connectivity index (χ1) is 8.25. The summed E-state index contributed by atoms with van der Waals surface area (Å²) in [6, 6.07) is 5.05. The largest absolute Gasteiger partial charge is 0.504 e. The summed E-state index contributed by atoms with van der Waals surface area (Å²) in [7, 11) is 3.24. The minimum atomic E-state index is -0.581. The minimum absolute atomic E-state index is 0.00505. The van der Waals surface area contributed by atoms with Crippen molar-refractivity contribution in [3.63, 3.8) is 0 Å². The van der Waals surface area contributed by atoms with Gasteiger partial charge in [-0.15, -0.1) is 0 Å². The van der Waals surface area contributed by atoms with Gasteiger partial charge >= 0.3 is 0 Å². The Morgan fingerprint density at radius 2 is 2.11 bits per heavy atom. The molecule has 1 aromatic rings. The van der Waals surface area contributed by atoms with Crippen LogP contribution in [0.4, 0.5) is 0 Å². The van der Waals surface area contributed by atoms with Crippen molar-refractivity contribution in [2.45, 2.75) is 24.7 Å². The van der Waals surface area contributed by atoms with Crippen molar-refractivity contribution in [2.75, 3.05) is 14.2 Å². The Labute approximate surface area is 116 Å². The Bertz CT molecular complexity index is 440. The molecule has 0 radical (unpaired) electrons. The van der Waals surface area contributed by atoms with Crippen LogP contribution in [0.15, 0.2) is 18.2 Å². The third-order valence-corrected chi connectivity index (χ3v) is 2.86. The van der Waals surface area contributed by atoms with Crippen LogP contribution in [0, 0.1) is 0 Å². The van der Waals surface area contributed by atoms with Crippen molar-refractivity contribution in [2.24, 2.45) is 0 Å². The number of aromatic hydroxyl groups is 1. The maximum atomic E-state index is 12.0. The van der Waals surface area contributed by atoms with E-state index < -0.39 is 4.32 Å². The van der Waals surface area contributed by atoms with Crippen LogP contribution in [0.5, 0.6) is 11.5 Å². The number of methoxy groups -OCH3 is 1. The Kier molecular flexibility index (Phi) is 4.62. The highest BCUT2D eigenvalue weighted by atomic mass is 79.9. The molecule has 4 nitrogen and oxygen atoms in total. The van der Waals surface area contributed by atoms with E-state index in [1.54, 1.807) is 30.1 Å². The van der Waals surface area contributed by atoms with Gasteiger partial charge in [0.15, 0.2) is 11.5 Å². The third-order valence-electron chi connectivity index (χ3n) is 2.52. The summed E-state index contributed by atoms with van der Waals surface area (Å²) >= 11 is 3.34. The molecule has 5 heteroatoms. The van der Waals surface area contributed by atoms with Crippen molar-refractivity contribution < 1.29 is 14.6 Å². The van der Waals surface area contributed by atoms with Gasteiger partial charge < -0.3 is 14.7 Å². The molecule has 0 aromatic heterocycles. The second kappa shape index (κ2) is 5.61. The number of benzene rings is 1. The number of halogens is 1. The molecule has 0 fully saturated rings. The first kappa shape index (κ1) is 14.8. The lowest BCUT2D eigenvalue weighted by Crippen LogP contribution is -2.38. The van der Waals surface area contributed by atoms with Crippen LogP contribution in [-0.2, 0) is 11.3 Å². The molecule has 1 amide bonds. The molecule has 18 heavy (non-hydrogen) atoms. The summed E-state index contributed by atoms with van der Waals surface area (Å²) in [5.41, 5.74) is 0.900. The van der Waals surface area contributed by atoms with Gasteiger partial charge in [-0.2, -0.15) is 0 Å². The average Bonchev–Trinajstić information content (AvgIpc) is 2.29. The van der Waals surface area contributed by atoms with E-state index in [9.17, 15) is 9.90 Å². The normalized spacial score (nSPS) is 11.2. The van der Waals surface area contributed by atoms with Crippen LogP contribution in [0.2, 0.25) is 0 Å². The molecule has 0 unspecified atom stereocenters. The van der Waals surface area contributed by atoms with Crippen molar-refractivity contribution in [1.29, 1.82) is 0 Å². The molecule has 100 valence electrons. The van der Waals surface area contributed by atoms with Crippen molar-refractivity contribution in [3.8, 4) is 11.5 Å². The van der Waals surface area contributed by atoms with E-state index in [0.29, 0.717) is 12.3 Å². The van der Waals surface area contributed by atoms with Gasteiger partial charge in [0, 0.05) is 13.6 Å².